The second kappa shape index (κ2) is 6.49. The Hall–Kier alpha value is -1.99. The molecule has 1 aliphatic heterocycles. The van der Waals surface area contributed by atoms with E-state index in [2.05, 4.69) is 10.2 Å². The van der Waals surface area contributed by atoms with Crippen LogP contribution in [0.5, 0.6) is 0 Å². The molecule has 3 rings (SSSR count). The normalized spacial score (nSPS) is 19.3. The Labute approximate surface area is 141 Å². The summed E-state index contributed by atoms with van der Waals surface area (Å²) in [6.07, 6.45) is 2.84. The molecule has 0 spiro atoms. The summed E-state index contributed by atoms with van der Waals surface area (Å²) in [7, 11) is -3.55. The van der Waals surface area contributed by atoms with Gasteiger partial charge in [0.2, 0.25) is 10.0 Å². The second-order valence-corrected chi connectivity index (χ2v) is 8.11. The van der Waals surface area contributed by atoms with E-state index in [0.29, 0.717) is 28.3 Å². The Morgan fingerprint density at radius 2 is 2.00 bits per heavy atom. The van der Waals surface area contributed by atoms with E-state index in [1.165, 1.54) is 6.07 Å². The van der Waals surface area contributed by atoms with Crippen molar-refractivity contribution in [2.75, 3.05) is 6.54 Å². The van der Waals surface area contributed by atoms with Gasteiger partial charge in [-0.1, -0.05) is 18.6 Å². The van der Waals surface area contributed by atoms with Gasteiger partial charge in [-0.3, -0.25) is 4.79 Å². The van der Waals surface area contributed by atoms with E-state index in [1.807, 2.05) is 13.0 Å². The molecule has 0 bridgehead atoms. The smallest absolute Gasteiger partial charge is 0.264 e. The summed E-state index contributed by atoms with van der Waals surface area (Å²) in [4.78, 5) is 11.5. The molecule has 0 amide bonds. The van der Waals surface area contributed by atoms with Gasteiger partial charge in [-0.2, -0.15) is 9.40 Å². The molecule has 1 saturated heterocycles. The molecule has 0 saturated carbocycles. The fourth-order valence-corrected chi connectivity index (χ4v) is 5.05. The van der Waals surface area contributed by atoms with Crippen LogP contribution in [0.15, 0.2) is 40.0 Å². The third-order valence-electron chi connectivity index (χ3n) is 4.49. The first-order valence-corrected chi connectivity index (χ1v) is 9.52. The third kappa shape index (κ3) is 3.14. The maximum absolute atomic E-state index is 13.1. The van der Waals surface area contributed by atoms with Crippen molar-refractivity contribution in [2.24, 2.45) is 0 Å². The molecule has 0 aliphatic carbocycles. The number of nitrogens with zero attached hydrogens (tertiary/aromatic N) is 2. The minimum atomic E-state index is -3.55. The molecule has 2 aromatic rings. The van der Waals surface area contributed by atoms with Gasteiger partial charge < -0.3 is 0 Å². The Kier molecular flexibility index (Phi) is 4.56. The van der Waals surface area contributed by atoms with Crippen molar-refractivity contribution in [3.8, 4) is 11.3 Å². The van der Waals surface area contributed by atoms with Crippen molar-refractivity contribution in [1.82, 2.24) is 14.5 Å². The minimum Gasteiger partial charge on any atom is -0.268 e. The number of hydrogen-bond acceptors (Lipinski definition) is 4. The quantitative estimate of drug-likeness (QED) is 0.923. The molecule has 2 heterocycles. The molecule has 7 heteroatoms. The highest BCUT2D eigenvalue weighted by atomic mass is 32.2. The van der Waals surface area contributed by atoms with Crippen molar-refractivity contribution in [3.63, 3.8) is 0 Å². The molecule has 1 fully saturated rings. The zero-order chi connectivity index (χ0) is 17.3. The summed E-state index contributed by atoms with van der Waals surface area (Å²) in [5, 5.41) is 6.36. The van der Waals surface area contributed by atoms with Crippen molar-refractivity contribution < 1.29 is 8.42 Å². The molecule has 128 valence electrons. The van der Waals surface area contributed by atoms with Gasteiger partial charge in [-0.25, -0.2) is 13.5 Å². The van der Waals surface area contributed by atoms with Crippen LogP contribution in [0.4, 0.5) is 0 Å². The number of hydrogen-bond donors (Lipinski definition) is 1. The number of nitrogens with one attached hydrogen (secondary N) is 1. The monoisotopic (exact) mass is 347 g/mol. The highest BCUT2D eigenvalue weighted by Crippen LogP contribution is 2.29. The first-order valence-electron chi connectivity index (χ1n) is 8.08. The van der Waals surface area contributed by atoms with Crippen LogP contribution >= 0.6 is 0 Å². The third-order valence-corrected chi connectivity index (χ3v) is 6.65. The molecule has 24 heavy (non-hydrogen) atoms. The first-order chi connectivity index (χ1) is 11.4. The van der Waals surface area contributed by atoms with E-state index in [9.17, 15) is 13.2 Å². The molecule has 1 aromatic carbocycles. The lowest BCUT2D eigenvalue weighted by atomic mass is 10.1. The van der Waals surface area contributed by atoms with E-state index in [0.717, 1.165) is 19.3 Å². The Bertz CT molecular complexity index is 885. The fraction of sp³-hybridized carbons (Fsp3) is 0.412. The van der Waals surface area contributed by atoms with Crippen molar-refractivity contribution in [2.45, 2.75) is 44.0 Å². The van der Waals surface area contributed by atoms with E-state index < -0.39 is 10.0 Å². The number of H-pyrrole nitrogens is 1. The highest BCUT2D eigenvalue weighted by Gasteiger charge is 2.32. The largest absolute Gasteiger partial charge is 0.268 e. The Balaban J connectivity index is 2.05. The number of piperidine rings is 1. The lowest BCUT2D eigenvalue weighted by molar-refractivity contribution is 0.268. The van der Waals surface area contributed by atoms with Gasteiger partial charge >= 0.3 is 0 Å². The Morgan fingerprint density at radius 3 is 2.67 bits per heavy atom. The molecule has 6 nitrogen and oxygen atoms in total. The lowest BCUT2D eigenvalue weighted by Gasteiger charge is -2.32. The van der Waals surface area contributed by atoms with Gasteiger partial charge in [-0.15, -0.1) is 0 Å². The summed E-state index contributed by atoms with van der Waals surface area (Å²) < 4.78 is 27.8. The average molecular weight is 347 g/mol. The topological polar surface area (TPSA) is 83.1 Å². The standard InChI is InChI=1S/C17H21N3O3S/c1-12-6-7-14(15-8-9-17(21)19-18-15)11-16(12)24(22,23)20-10-4-3-5-13(20)2/h6-9,11,13H,3-5,10H2,1-2H3,(H,19,21). The SMILES string of the molecule is Cc1ccc(-c2ccc(=O)[nH]n2)cc1S(=O)(=O)N1CCCCC1C. The summed E-state index contributed by atoms with van der Waals surface area (Å²) in [6.45, 7) is 4.31. The molecule has 0 radical (unpaired) electrons. The second-order valence-electron chi connectivity index (χ2n) is 6.25. The molecular weight excluding hydrogens is 326 g/mol. The molecule has 1 unspecified atom stereocenters. The van der Waals surface area contributed by atoms with Crippen molar-refractivity contribution >= 4 is 10.0 Å². The first kappa shape index (κ1) is 16.9. The van der Waals surface area contributed by atoms with Gasteiger partial charge in [0, 0.05) is 24.2 Å². The van der Waals surface area contributed by atoms with Gasteiger partial charge in [0.15, 0.2) is 0 Å². The number of aromatic nitrogens is 2. The molecule has 1 aliphatic rings. The van der Waals surface area contributed by atoms with Crippen LogP contribution in [0.2, 0.25) is 0 Å². The zero-order valence-electron chi connectivity index (χ0n) is 13.8. The zero-order valence-corrected chi connectivity index (χ0v) is 14.6. The van der Waals surface area contributed by atoms with Crippen molar-refractivity contribution in [1.29, 1.82) is 0 Å². The fourth-order valence-electron chi connectivity index (χ4n) is 3.10. The number of rotatable bonds is 3. The number of benzene rings is 1. The predicted octanol–water partition coefficient (Wildman–Crippen LogP) is 2.31. The maximum Gasteiger partial charge on any atom is 0.264 e. The van der Waals surface area contributed by atoms with Gasteiger partial charge in [-0.05, 0) is 44.4 Å². The van der Waals surface area contributed by atoms with Gasteiger partial charge in [0.1, 0.15) is 0 Å². The lowest BCUT2D eigenvalue weighted by Crippen LogP contribution is -2.42. The Morgan fingerprint density at radius 1 is 1.21 bits per heavy atom. The molecular formula is C17H21N3O3S. The van der Waals surface area contributed by atoms with Gasteiger partial charge in [0.05, 0.1) is 10.6 Å². The van der Waals surface area contributed by atoms with E-state index >= 15 is 0 Å². The number of aryl methyl sites for hydroxylation is 1. The predicted molar refractivity (Wildman–Crippen MR) is 92.2 cm³/mol. The number of aromatic amines is 1. The van der Waals surface area contributed by atoms with E-state index in [-0.39, 0.29) is 11.6 Å². The summed E-state index contributed by atoms with van der Waals surface area (Å²) in [5.74, 6) is 0. The van der Waals surface area contributed by atoms with Crippen LogP contribution in [0, 0.1) is 6.92 Å². The van der Waals surface area contributed by atoms with Crippen LogP contribution in [0.25, 0.3) is 11.3 Å². The summed E-state index contributed by atoms with van der Waals surface area (Å²) >= 11 is 0. The molecule has 1 aromatic heterocycles. The van der Waals surface area contributed by atoms with E-state index in [1.54, 1.807) is 29.4 Å². The van der Waals surface area contributed by atoms with Crippen LogP contribution in [-0.2, 0) is 10.0 Å². The van der Waals surface area contributed by atoms with Crippen LogP contribution in [-0.4, -0.2) is 35.5 Å². The summed E-state index contributed by atoms with van der Waals surface area (Å²) in [6, 6.07) is 8.22. The van der Waals surface area contributed by atoms with Gasteiger partial charge in [0.25, 0.3) is 5.56 Å². The van der Waals surface area contributed by atoms with Crippen molar-refractivity contribution in [3.05, 3.63) is 46.2 Å². The number of sulfonamides is 1. The van der Waals surface area contributed by atoms with Crippen LogP contribution < -0.4 is 5.56 Å². The van der Waals surface area contributed by atoms with Crippen LogP contribution in [0.1, 0.15) is 31.7 Å². The van der Waals surface area contributed by atoms with Crippen LogP contribution in [0.3, 0.4) is 0 Å². The molecule has 1 N–H and O–H groups in total. The average Bonchev–Trinajstić information content (AvgIpc) is 2.56. The highest BCUT2D eigenvalue weighted by molar-refractivity contribution is 7.89. The summed E-state index contributed by atoms with van der Waals surface area (Å²) in [5.41, 5.74) is 1.62. The minimum absolute atomic E-state index is 0.0120. The maximum atomic E-state index is 13.1. The van der Waals surface area contributed by atoms with E-state index in [4.69, 9.17) is 0 Å². The molecule has 1 atom stereocenters.